The predicted octanol–water partition coefficient (Wildman–Crippen LogP) is 3.48. The van der Waals surface area contributed by atoms with Crippen molar-refractivity contribution in [2.45, 2.75) is 6.42 Å². The van der Waals surface area contributed by atoms with Crippen molar-refractivity contribution in [1.82, 2.24) is 19.6 Å². The Morgan fingerprint density at radius 2 is 1.90 bits per heavy atom. The molecule has 0 saturated carbocycles. The molecule has 7 nitrogen and oxygen atoms in total. The van der Waals surface area contributed by atoms with Crippen molar-refractivity contribution in [1.29, 1.82) is 0 Å². The van der Waals surface area contributed by atoms with Gasteiger partial charge in [-0.15, -0.1) is 11.3 Å². The number of carbonyl (C=O) groups excluding carboxylic acids is 1. The van der Waals surface area contributed by atoms with Crippen molar-refractivity contribution in [2.24, 2.45) is 0 Å². The Kier molecular flexibility index (Phi) is 4.18. The van der Waals surface area contributed by atoms with Crippen LogP contribution in [0.4, 0.5) is 5.69 Å². The normalized spacial score (nSPS) is 11.2. The highest BCUT2D eigenvalue weighted by Gasteiger charge is 2.11. The van der Waals surface area contributed by atoms with Crippen LogP contribution in [-0.2, 0) is 11.2 Å². The smallest absolute Gasteiger partial charge is 0.272 e. The maximum Gasteiger partial charge on any atom is 0.272 e. The summed E-state index contributed by atoms with van der Waals surface area (Å²) < 4.78 is 1.98. The number of nitrogens with zero attached hydrogens (tertiary/aromatic N) is 3. The molecule has 1 amide bonds. The molecule has 29 heavy (non-hydrogen) atoms. The first-order chi connectivity index (χ1) is 14.2. The van der Waals surface area contributed by atoms with Crippen LogP contribution in [-0.4, -0.2) is 25.5 Å². The summed E-state index contributed by atoms with van der Waals surface area (Å²) in [5, 5.41) is 12.6. The summed E-state index contributed by atoms with van der Waals surface area (Å²) in [5.74, 6) is -0.204. The lowest BCUT2D eigenvalue weighted by Gasteiger charge is -2.07. The van der Waals surface area contributed by atoms with Gasteiger partial charge in [0.15, 0.2) is 4.96 Å². The average Bonchev–Trinajstić information content (AvgIpc) is 3.33. The molecule has 3 aromatic heterocycles. The van der Waals surface area contributed by atoms with Gasteiger partial charge in [0.05, 0.1) is 23.2 Å². The number of nitrogens with one attached hydrogen (secondary N) is 2. The van der Waals surface area contributed by atoms with Crippen LogP contribution in [0.25, 0.3) is 27.0 Å². The van der Waals surface area contributed by atoms with E-state index in [1.807, 2.05) is 52.5 Å². The molecule has 2 aromatic carbocycles. The fourth-order valence-corrected chi connectivity index (χ4v) is 3.95. The second kappa shape index (κ2) is 6.99. The molecule has 0 radical (unpaired) electrons. The first-order valence-electron chi connectivity index (χ1n) is 8.96. The second-order valence-electron chi connectivity index (χ2n) is 6.57. The Hall–Kier alpha value is -3.78. The van der Waals surface area contributed by atoms with Crippen LogP contribution in [0, 0.1) is 0 Å². The number of H-pyrrole nitrogens is 1. The van der Waals surface area contributed by atoms with E-state index in [4.69, 9.17) is 0 Å². The van der Waals surface area contributed by atoms with E-state index in [1.165, 1.54) is 0 Å². The summed E-state index contributed by atoms with van der Waals surface area (Å²) in [5.41, 5.74) is 2.83. The number of benzene rings is 2. The molecule has 0 aliphatic heterocycles. The molecule has 0 fully saturated rings. The van der Waals surface area contributed by atoms with E-state index in [1.54, 1.807) is 29.5 Å². The van der Waals surface area contributed by atoms with Crippen LogP contribution in [0.15, 0.2) is 71.1 Å². The van der Waals surface area contributed by atoms with E-state index in [0.29, 0.717) is 22.2 Å². The molecule has 3 heterocycles. The number of imidazole rings is 1. The Labute approximate surface area is 168 Å². The highest BCUT2D eigenvalue weighted by molar-refractivity contribution is 7.15. The van der Waals surface area contributed by atoms with Gasteiger partial charge in [-0.1, -0.05) is 30.3 Å². The number of rotatable bonds is 4. The molecule has 2 N–H and O–H groups in total. The predicted molar refractivity (Wildman–Crippen MR) is 113 cm³/mol. The molecule has 5 rings (SSSR count). The van der Waals surface area contributed by atoms with Crippen LogP contribution in [0.3, 0.4) is 0 Å². The fraction of sp³-hybridized carbons (Fsp3) is 0.0476. The minimum absolute atomic E-state index is 0.0658. The minimum Gasteiger partial charge on any atom is -0.326 e. The topological polar surface area (TPSA) is 92.1 Å². The van der Waals surface area contributed by atoms with Crippen molar-refractivity contribution >= 4 is 38.7 Å². The van der Waals surface area contributed by atoms with Crippen LogP contribution in [0.2, 0.25) is 0 Å². The molecule has 8 heteroatoms. The molecule has 0 aliphatic carbocycles. The van der Waals surface area contributed by atoms with E-state index in [2.05, 4.69) is 20.5 Å². The molecule has 0 spiro atoms. The molecular weight excluding hydrogens is 386 g/mol. The summed E-state index contributed by atoms with van der Waals surface area (Å²) in [7, 11) is 0. The highest BCUT2D eigenvalue weighted by Crippen LogP contribution is 2.23. The highest BCUT2D eigenvalue weighted by atomic mass is 32.1. The Morgan fingerprint density at radius 1 is 1.10 bits per heavy atom. The minimum atomic E-state index is -0.264. The van der Waals surface area contributed by atoms with Crippen molar-refractivity contribution in [3.05, 3.63) is 82.4 Å². The van der Waals surface area contributed by atoms with Crippen LogP contribution < -0.4 is 10.9 Å². The maximum atomic E-state index is 12.5. The zero-order chi connectivity index (χ0) is 19.8. The number of anilines is 1. The molecule has 142 valence electrons. The first kappa shape index (κ1) is 17.3. The van der Waals surface area contributed by atoms with Crippen LogP contribution in [0.1, 0.15) is 5.69 Å². The average molecular weight is 401 g/mol. The third-order valence-electron chi connectivity index (χ3n) is 4.66. The number of aromatic amines is 1. The third-order valence-corrected chi connectivity index (χ3v) is 5.43. The van der Waals surface area contributed by atoms with E-state index >= 15 is 0 Å². The van der Waals surface area contributed by atoms with Crippen molar-refractivity contribution in [2.75, 3.05) is 5.32 Å². The monoisotopic (exact) mass is 401 g/mol. The molecule has 0 unspecified atom stereocenters. The lowest BCUT2D eigenvalue weighted by Crippen LogP contribution is -2.18. The van der Waals surface area contributed by atoms with Crippen LogP contribution >= 0.6 is 11.3 Å². The molecular formula is C21H15N5O2S. The third kappa shape index (κ3) is 3.30. The first-order valence-corrected chi connectivity index (χ1v) is 9.84. The van der Waals surface area contributed by atoms with Gasteiger partial charge < -0.3 is 5.32 Å². The number of fused-ring (bicyclic) bond motifs is 2. The van der Waals surface area contributed by atoms with Gasteiger partial charge in [0.1, 0.15) is 0 Å². The summed E-state index contributed by atoms with van der Waals surface area (Å²) in [6.45, 7) is 0. The second-order valence-corrected chi connectivity index (χ2v) is 7.44. The van der Waals surface area contributed by atoms with Crippen molar-refractivity contribution < 1.29 is 4.79 Å². The zero-order valence-corrected chi connectivity index (χ0v) is 15.9. The van der Waals surface area contributed by atoms with E-state index in [0.717, 1.165) is 16.2 Å². The molecule has 0 aliphatic rings. The van der Waals surface area contributed by atoms with Gasteiger partial charge in [-0.3, -0.25) is 14.0 Å². The lowest BCUT2D eigenvalue weighted by atomic mass is 10.1. The number of hydrogen-bond donors (Lipinski definition) is 2. The van der Waals surface area contributed by atoms with E-state index < -0.39 is 0 Å². The van der Waals surface area contributed by atoms with Gasteiger partial charge in [-0.25, -0.2) is 10.1 Å². The quantitative estimate of drug-likeness (QED) is 0.482. The number of amides is 1. The largest absolute Gasteiger partial charge is 0.326 e. The summed E-state index contributed by atoms with van der Waals surface area (Å²) in [6.07, 6.45) is 4.02. The summed E-state index contributed by atoms with van der Waals surface area (Å²) >= 11 is 1.58. The van der Waals surface area contributed by atoms with Crippen molar-refractivity contribution in [3.63, 3.8) is 0 Å². The molecule has 0 atom stereocenters. The Morgan fingerprint density at radius 3 is 2.69 bits per heavy atom. The van der Waals surface area contributed by atoms with Gasteiger partial charge >= 0.3 is 0 Å². The molecule has 0 bridgehead atoms. The zero-order valence-electron chi connectivity index (χ0n) is 15.1. The fourth-order valence-electron chi connectivity index (χ4n) is 3.25. The number of hydrogen-bond acceptors (Lipinski definition) is 5. The number of carbonyl (C=O) groups is 1. The van der Waals surface area contributed by atoms with Gasteiger partial charge in [0, 0.05) is 34.4 Å². The summed E-state index contributed by atoms with van der Waals surface area (Å²) in [6, 6.07) is 14.7. The summed E-state index contributed by atoms with van der Waals surface area (Å²) in [4.78, 5) is 29.9. The SMILES string of the molecule is O=C(Cc1n[nH]c(=O)c2ccccc12)Nc1ccc(-c2cn3ccsc3n2)cc1. The van der Waals surface area contributed by atoms with Gasteiger partial charge in [0.2, 0.25) is 5.91 Å². The Balaban J connectivity index is 1.33. The van der Waals surface area contributed by atoms with Gasteiger partial charge in [0.25, 0.3) is 5.56 Å². The molecule has 5 aromatic rings. The van der Waals surface area contributed by atoms with E-state index in [-0.39, 0.29) is 17.9 Å². The number of thiazole rings is 1. The molecule has 0 saturated heterocycles. The van der Waals surface area contributed by atoms with E-state index in [9.17, 15) is 9.59 Å². The lowest BCUT2D eigenvalue weighted by molar-refractivity contribution is -0.115. The van der Waals surface area contributed by atoms with Crippen LogP contribution in [0.5, 0.6) is 0 Å². The Bertz CT molecular complexity index is 1370. The van der Waals surface area contributed by atoms with Crippen molar-refractivity contribution in [3.8, 4) is 11.3 Å². The number of aromatic nitrogens is 4. The maximum absolute atomic E-state index is 12.5. The standard InChI is InChI=1S/C21H15N5O2S/c27-19(11-17-15-3-1-2-4-16(15)20(28)25-24-17)22-14-7-5-13(6-8-14)18-12-26-9-10-29-21(26)23-18/h1-10,12H,11H2,(H,22,27)(H,25,28). The van der Waals surface area contributed by atoms with Gasteiger partial charge in [-0.05, 0) is 18.2 Å². The van der Waals surface area contributed by atoms with Gasteiger partial charge in [-0.2, -0.15) is 5.10 Å².